The number of nitrogens with zero attached hydrogens (tertiary/aromatic N) is 7. The molecule has 0 saturated carbocycles. The van der Waals surface area contributed by atoms with Crippen molar-refractivity contribution < 1.29 is 13.6 Å². The number of likely N-dealkylation sites (N-methyl/N-ethyl adjacent to an activating group) is 1. The van der Waals surface area contributed by atoms with E-state index >= 15 is 0 Å². The molecule has 0 aliphatic carbocycles. The Bertz CT molecular complexity index is 1170. The molecular formula is C21H19F2N7O. The van der Waals surface area contributed by atoms with Crippen LogP contribution in [-0.4, -0.2) is 53.7 Å². The van der Waals surface area contributed by atoms with Crippen molar-refractivity contribution in [1.82, 2.24) is 34.7 Å². The van der Waals surface area contributed by atoms with Crippen molar-refractivity contribution >= 4 is 5.91 Å². The zero-order chi connectivity index (χ0) is 21.8. The van der Waals surface area contributed by atoms with Gasteiger partial charge in [0.05, 0.1) is 35.5 Å². The maximum Gasteiger partial charge on any atom is 0.256 e. The third kappa shape index (κ3) is 4.47. The Hall–Kier alpha value is -3.95. The zero-order valence-corrected chi connectivity index (χ0v) is 16.7. The van der Waals surface area contributed by atoms with E-state index in [1.807, 2.05) is 13.0 Å². The summed E-state index contributed by atoms with van der Waals surface area (Å²) in [4.78, 5) is 20.0. The van der Waals surface area contributed by atoms with Gasteiger partial charge in [-0.1, -0.05) is 0 Å². The van der Waals surface area contributed by atoms with E-state index in [2.05, 4.69) is 20.3 Å². The van der Waals surface area contributed by atoms with Crippen molar-refractivity contribution in [3.8, 4) is 11.5 Å². The molecule has 0 atom stereocenters. The minimum atomic E-state index is -0.513. The summed E-state index contributed by atoms with van der Waals surface area (Å²) in [5.41, 5.74) is 1.33. The Morgan fingerprint density at radius 1 is 1.06 bits per heavy atom. The van der Waals surface area contributed by atoms with Crippen molar-refractivity contribution in [3.05, 3.63) is 84.1 Å². The molecule has 0 unspecified atom stereocenters. The summed E-state index contributed by atoms with van der Waals surface area (Å²) in [5, 5.41) is 12.5. The molecule has 3 heterocycles. The monoisotopic (exact) mass is 423 g/mol. The molecule has 3 aromatic heterocycles. The highest BCUT2D eigenvalue weighted by Crippen LogP contribution is 2.17. The first kappa shape index (κ1) is 20.3. The molecule has 31 heavy (non-hydrogen) atoms. The third-order valence-electron chi connectivity index (χ3n) is 4.72. The zero-order valence-electron chi connectivity index (χ0n) is 16.7. The lowest BCUT2D eigenvalue weighted by atomic mass is 10.1. The van der Waals surface area contributed by atoms with E-state index < -0.39 is 11.6 Å². The molecule has 10 heteroatoms. The molecule has 0 aliphatic heterocycles. The molecule has 0 N–H and O–H groups in total. The van der Waals surface area contributed by atoms with Crippen molar-refractivity contribution in [1.29, 1.82) is 0 Å². The van der Waals surface area contributed by atoms with Crippen molar-refractivity contribution in [2.75, 3.05) is 13.1 Å². The molecule has 0 saturated heterocycles. The van der Waals surface area contributed by atoms with Crippen LogP contribution in [0, 0.1) is 11.6 Å². The van der Waals surface area contributed by atoms with Gasteiger partial charge in [0.1, 0.15) is 11.6 Å². The molecule has 0 aliphatic rings. The van der Waals surface area contributed by atoms with Crippen molar-refractivity contribution in [3.63, 3.8) is 0 Å². The summed E-state index contributed by atoms with van der Waals surface area (Å²) in [6.07, 6.45) is 6.31. The van der Waals surface area contributed by atoms with Crippen LogP contribution in [0.4, 0.5) is 8.78 Å². The number of hydrogen-bond donors (Lipinski definition) is 0. The average molecular weight is 423 g/mol. The van der Waals surface area contributed by atoms with Gasteiger partial charge < -0.3 is 4.90 Å². The maximum atomic E-state index is 13.9. The quantitative estimate of drug-likeness (QED) is 0.457. The number of carbonyl (C=O) groups excluding carboxylic acids is 1. The summed E-state index contributed by atoms with van der Waals surface area (Å²) >= 11 is 0. The number of rotatable bonds is 7. The second-order valence-corrected chi connectivity index (χ2v) is 6.70. The lowest BCUT2D eigenvalue weighted by Crippen LogP contribution is -2.33. The predicted molar refractivity (Wildman–Crippen MR) is 108 cm³/mol. The van der Waals surface area contributed by atoms with E-state index in [4.69, 9.17) is 0 Å². The molecular weight excluding hydrogens is 404 g/mol. The highest BCUT2D eigenvalue weighted by atomic mass is 19.1. The first-order chi connectivity index (χ1) is 15.0. The van der Waals surface area contributed by atoms with Crippen LogP contribution in [-0.2, 0) is 6.42 Å². The highest BCUT2D eigenvalue weighted by Gasteiger charge is 2.20. The summed E-state index contributed by atoms with van der Waals surface area (Å²) in [6, 6.07) is 8.59. The lowest BCUT2D eigenvalue weighted by Gasteiger charge is -2.21. The van der Waals surface area contributed by atoms with Gasteiger partial charge in [0.2, 0.25) is 0 Å². The summed E-state index contributed by atoms with van der Waals surface area (Å²) in [5.74, 6) is -0.766. The Balaban J connectivity index is 1.50. The van der Waals surface area contributed by atoms with Crippen LogP contribution < -0.4 is 0 Å². The van der Waals surface area contributed by atoms with Gasteiger partial charge in [-0.05, 0) is 43.3 Å². The number of halogens is 2. The average Bonchev–Trinajstić information content (AvgIpc) is 3.47. The van der Waals surface area contributed by atoms with Crippen LogP contribution in [0.15, 0.2) is 61.2 Å². The number of carbonyl (C=O) groups is 1. The van der Waals surface area contributed by atoms with Gasteiger partial charge in [-0.2, -0.15) is 20.1 Å². The topological polar surface area (TPSA) is 81.7 Å². The molecule has 8 nitrogen and oxygen atoms in total. The highest BCUT2D eigenvalue weighted by molar-refractivity contribution is 5.97. The Labute approximate surface area is 176 Å². The molecule has 0 radical (unpaired) electrons. The largest absolute Gasteiger partial charge is 0.338 e. The maximum absolute atomic E-state index is 13.9. The van der Waals surface area contributed by atoms with Gasteiger partial charge in [-0.25, -0.2) is 18.4 Å². The van der Waals surface area contributed by atoms with Crippen LogP contribution in [0.25, 0.3) is 11.5 Å². The van der Waals surface area contributed by atoms with E-state index in [0.29, 0.717) is 31.0 Å². The Kier molecular flexibility index (Phi) is 5.78. The lowest BCUT2D eigenvalue weighted by molar-refractivity contribution is 0.0765. The first-order valence-corrected chi connectivity index (χ1v) is 9.67. The summed E-state index contributed by atoms with van der Waals surface area (Å²) < 4.78 is 28.5. The van der Waals surface area contributed by atoms with Gasteiger partial charge >= 0.3 is 0 Å². The standard InChI is InChI=1S/C21H19F2N7O/c1-2-28(11-7-17-8-12-29(27-17)20-6-4-16(23)14-24-20)21(31)18-13-15(22)3-5-19(18)30-25-9-10-26-30/h3-6,8-10,12-14H,2,7,11H2,1H3. The number of amides is 1. The van der Waals surface area contributed by atoms with Crippen LogP contribution in [0.1, 0.15) is 23.0 Å². The number of benzene rings is 1. The molecule has 0 spiro atoms. The SMILES string of the molecule is CCN(CCc1ccn(-c2ccc(F)cn2)n1)C(=O)c1cc(F)ccc1-n1nccn1. The van der Waals surface area contributed by atoms with Gasteiger partial charge in [0, 0.05) is 25.7 Å². The van der Waals surface area contributed by atoms with Crippen molar-refractivity contribution in [2.24, 2.45) is 0 Å². The molecule has 0 fully saturated rings. The van der Waals surface area contributed by atoms with E-state index in [0.717, 1.165) is 11.9 Å². The molecule has 1 aromatic carbocycles. The van der Waals surface area contributed by atoms with E-state index in [9.17, 15) is 13.6 Å². The van der Waals surface area contributed by atoms with Crippen LogP contribution in [0.2, 0.25) is 0 Å². The fourth-order valence-corrected chi connectivity index (χ4v) is 3.14. The first-order valence-electron chi connectivity index (χ1n) is 9.67. The van der Waals surface area contributed by atoms with Crippen LogP contribution in [0.3, 0.4) is 0 Å². The molecule has 158 valence electrons. The van der Waals surface area contributed by atoms with E-state index in [-0.39, 0.29) is 11.5 Å². The molecule has 4 rings (SSSR count). The normalized spacial score (nSPS) is 10.9. The number of pyridine rings is 1. The van der Waals surface area contributed by atoms with Gasteiger partial charge in [-0.3, -0.25) is 4.79 Å². The number of aromatic nitrogens is 6. The minimum Gasteiger partial charge on any atom is -0.338 e. The smallest absolute Gasteiger partial charge is 0.256 e. The van der Waals surface area contributed by atoms with Crippen LogP contribution in [0.5, 0.6) is 0 Å². The Morgan fingerprint density at radius 2 is 1.84 bits per heavy atom. The number of hydrogen-bond acceptors (Lipinski definition) is 5. The fourth-order valence-electron chi connectivity index (χ4n) is 3.14. The van der Waals surface area contributed by atoms with E-state index in [1.165, 1.54) is 47.5 Å². The van der Waals surface area contributed by atoms with Crippen LogP contribution >= 0.6 is 0 Å². The third-order valence-corrected chi connectivity index (χ3v) is 4.72. The predicted octanol–water partition coefficient (Wildman–Crippen LogP) is 2.83. The summed E-state index contributed by atoms with van der Waals surface area (Å²) in [7, 11) is 0. The second-order valence-electron chi connectivity index (χ2n) is 6.70. The molecule has 1 amide bonds. The molecule has 0 bridgehead atoms. The molecule has 4 aromatic rings. The second kappa shape index (κ2) is 8.82. The van der Waals surface area contributed by atoms with E-state index in [1.54, 1.807) is 15.8 Å². The van der Waals surface area contributed by atoms with Crippen molar-refractivity contribution in [2.45, 2.75) is 13.3 Å². The minimum absolute atomic E-state index is 0.180. The summed E-state index contributed by atoms with van der Waals surface area (Å²) in [6.45, 7) is 2.66. The van der Waals surface area contributed by atoms with Gasteiger partial charge in [0.25, 0.3) is 5.91 Å². The van der Waals surface area contributed by atoms with Gasteiger partial charge in [-0.15, -0.1) is 0 Å². The fraction of sp³-hybridized carbons (Fsp3) is 0.190. The van der Waals surface area contributed by atoms with Gasteiger partial charge in [0.15, 0.2) is 5.82 Å². The Morgan fingerprint density at radius 3 is 2.55 bits per heavy atom.